The third kappa shape index (κ3) is 4.01. The number of esters is 1. The molecule has 1 aromatic heterocycles. The van der Waals surface area contributed by atoms with Crippen LogP contribution in [-0.2, 0) is 20.7 Å². The van der Waals surface area contributed by atoms with Crippen LogP contribution in [0.15, 0.2) is 5.51 Å². The molecule has 1 aliphatic rings. The van der Waals surface area contributed by atoms with Crippen LogP contribution in [0.25, 0.3) is 0 Å². The molecule has 0 aromatic carbocycles. The van der Waals surface area contributed by atoms with E-state index in [1.165, 1.54) is 12.0 Å². The van der Waals surface area contributed by atoms with Gasteiger partial charge in [0.1, 0.15) is 0 Å². The molecule has 1 aromatic rings. The fraction of sp³-hybridized carbons (Fsp3) is 0.714. The maximum atomic E-state index is 11.4. The molecule has 1 aliphatic carbocycles. The maximum Gasteiger partial charge on any atom is 0.308 e. The Bertz CT molecular complexity index is 411. The lowest BCUT2D eigenvalue weighted by atomic mass is 9.87. The zero-order chi connectivity index (χ0) is 13.7. The Labute approximate surface area is 118 Å². The summed E-state index contributed by atoms with van der Waals surface area (Å²) < 4.78 is 10.7. The third-order valence-corrected chi connectivity index (χ3v) is 4.73. The molecule has 2 rings (SSSR count). The van der Waals surface area contributed by atoms with Gasteiger partial charge in [-0.25, -0.2) is 4.98 Å². The molecule has 0 bridgehead atoms. The van der Waals surface area contributed by atoms with Crippen molar-refractivity contribution in [1.29, 1.82) is 0 Å². The van der Waals surface area contributed by atoms with Crippen LogP contribution >= 0.6 is 11.3 Å². The van der Waals surface area contributed by atoms with Crippen LogP contribution in [0.1, 0.15) is 36.3 Å². The van der Waals surface area contributed by atoms with Crippen LogP contribution in [0.2, 0.25) is 0 Å². The van der Waals surface area contributed by atoms with Crippen molar-refractivity contribution in [1.82, 2.24) is 4.98 Å². The highest BCUT2D eigenvalue weighted by Gasteiger charge is 2.27. The van der Waals surface area contributed by atoms with Gasteiger partial charge in [0.2, 0.25) is 0 Å². The summed E-state index contributed by atoms with van der Waals surface area (Å²) in [5.41, 5.74) is 3.00. The van der Waals surface area contributed by atoms with Crippen LogP contribution in [0.3, 0.4) is 0 Å². The summed E-state index contributed by atoms with van der Waals surface area (Å²) in [6.45, 7) is 2.78. The second kappa shape index (κ2) is 7.01. The van der Waals surface area contributed by atoms with Crippen molar-refractivity contribution in [2.75, 3.05) is 13.7 Å². The topological polar surface area (TPSA) is 48.4 Å². The van der Waals surface area contributed by atoms with Gasteiger partial charge in [-0.1, -0.05) is 0 Å². The first kappa shape index (κ1) is 14.5. The monoisotopic (exact) mass is 283 g/mol. The van der Waals surface area contributed by atoms with Crippen molar-refractivity contribution in [2.24, 2.45) is 5.92 Å². The van der Waals surface area contributed by atoms with Gasteiger partial charge in [-0.05, 0) is 32.6 Å². The Balaban J connectivity index is 1.66. The Morgan fingerprint density at radius 3 is 2.74 bits per heavy atom. The number of ether oxygens (including phenoxy) is 2. The van der Waals surface area contributed by atoms with Crippen molar-refractivity contribution in [3.63, 3.8) is 0 Å². The maximum absolute atomic E-state index is 11.4. The normalized spacial score (nSPS) is 23.3. The van der Waals surface area contributed by atoms with Crippen LogP contribution in [0.5, 0.6) is 0 Å². The molecule has 1 heterocycles. The predicted molar refractivity (Wildman–Crippen MR) is 74.3 cm³/mol. The van der Waals surface area contributed by atoms with Gasteiger partial charge in [0.25, 0.3) is 0 Å². The largest absolute Gasteiger partial charge is 0.469 e. The summed E-state index contributed by atoms with van der Waals surface area (Å²) in [5.74, 6) is 0.00678. The molecule has 0 radical (unpaired) electrons. The van der Waals surface area contributed by atoms with Gasteiger partial charge in [0.05, 0.1) is 36.9 Å². The number of thiazole rings is 1. The standard InChI is InChI=1S/C14H21NO3S/c1-10-13(19-9-15-10)7-8-18-12-5-3-11(4-6-12)14(16)17-2/h9,11-12H,3-8H2,1-2H3. The molecule has 0 spiro atoms. The lowest BCUT2D eigenvalue weighted by Gasteiger charge is -2.26. The highest BCUT2D eigenvalue weighted by Crippen LogP contribution is 2.27. The Kier molecular flexibility index (Phi) is 5.34. The summed E-state index contributed by atoms with van der Waals surface area (Å²) >= 11 is 1.69. The molecule has 19 heavy (non-hydrogen) atoms. The minimum Gasteiger partial charge on any atom is -0.469 e. The van der Waals surface area contributed by atoms with E-state index >= 15 is 0 Å². The molecule has 0 saturated heterocycles. The van der Waals surface area contributed by atoms with Crippen LogP contribution < -0.4 is 0 Å². The first-order chi connectivity index (χ1) is 9.20. The molecular weight excluding hydrogens is 262 g/mol. The minimum atomic E-state index is -0.0706. The highest BCUT2D eigenvalue weighted by molar-refractivity contribution is 7.09. The lowest BCUT2D eigenvalue weighted by molar-refractivity contribution is -0.147. The van der Waals surface area contributed by atoms with Gasteiger partial charge in [-0.2, -0.15) is 0 Å². The quantitative estimate of drug-likeness (QED) is 0.780. The van der Waals surface area contributed by atoms with E-state index in [4.69, 9.17) is 9.47 Å². The molecule has 0 N–H and O–H groups in total. The van der Waals surface area contributed by atoms with Crippen molar-refractivity contribution in [3.8, 4) is 0 Å². The molecule has 0 atom stereocenters. The first-order valence-electron chi connectivity index (χ1n) is 6.79. The summed E-state index contributed by atoms with van der Waals surface area (Å²) in [7, 11) is 1.46. The minimum absolute atomic E-state index is 0.0706. The van der Waals surface area contributed by atoms with Crippen molar-refractivity contribution >= 4 is 17.3 Å². The van der Waals surface area contributed by atoms with E-state index in [9.17, 15) is 4.79 Å². The molecule has 1 saturated carbocycles. The number of nitrogens with zero attached hydrogens (tertiary/aromatic N) is 1. The Hall–Kier alpha value is -0.940. The molecule has 0 aliphatic heterocycles. The fourth-order valence-electron chi connectivity index (χ4n) is 2.52. The van der Waals surface area contributed by atoms with E-state index in [-0.39, 0.29) is 11.9 Å². The van der Waals surface area contributed by atoms with E-state index in [2.05, 4.69) is 4.98 Å². The smallest absolute Gasteiger partial charge is 0.308 e. The number of carbonyl (C=O) groups is 1. The van der Waals surface area contributed by atoms with Gasteiger partial charge >= 0.3 is 5.97 Å². The molecule has 4 nitrogen and oxygen atoms in total. The average molecular weight is 283 g/mol. The van der Waals surface area contributed by atoms with Crippen LogP contribution in [-0.4, -0.2) is 30.8 Å². The zero-order valence-corrected chi connectivity index (χ0v) is 12.4. The number of rotatable bonds is 5. The van der Waals surface area contributed by atoms with Gasteiger partial charge in [-0.3, -0.25) is 4.79 Å². The number of aromatic nitrogens is 1. The average Bonchev–Trinajstić information content (AvgIpc) is 2.84. The number of hydrogen-bond acceptors (Lipinski definition) is 5. The van der Waals surface area contributed by atoms with Gasteiger partial charge in [0, 0.05) is 11.3 Å². The first-order valence-corrected chi connectivity index (χ1v) is 7.67. The van der Waals surface area contributed by atoms with Crippen LogP contribution in [0.4, 0.5) is 0 Å². The number of hydrogen-bond donors (Lipinski definition) is 0. The molecule has 5 heteroatoms. The van der Waals surface area contributed by atoms with E-state index in [1.54, 1.807) is 11.3 Å². The second-order valence-electron chi connectivity index (χ2n) is 4.98. The van der Waals surface area contributed by atoms with Crippen molar-refractivity contribution in [3.05, 3.63) is 16.1 Å². The van der Waals surface area contributed by atoms with E-state index in [0.29, 0.717) is 6.10 Å². The number of aryl methyl sites for hydroxylation is 1. The highest BCUT2D eigenvalue weighted by atomic mass is 32.1. The zero-order valence-electron chi connectivity index (χ0n) is 11.6. The van der Waals surface area contributed by atoms with Gasteiger partial charge in [0.15, 0.2) is 0 Å². The molecule has 0 unspecified atom stereocenters. The van der Waals surface area contributed by atoms with Crippen LogP contribution in [0, 0.1) is 12.8 Å². The number of carbonyl (C=O) groups excluding carboxylic acids is 1. The molecular formula is C14H21NO3S. The predicted octanol–water partition coefficient (Wildman–Crippen LogP) is 2.74. The van der Waals surface area contributed by atoms with Gasteiger partial charge in [-0.15, -0.1) is 11.3 Å². The van der Waals surface area contributed by atoms with Crippen molar-refractivity contribution < 1.29 is 14.3 Å². The summed E-state index contributed by atoms with van der Waals surface area (Å²) in [5, 5.41) is 0. The summed E-state index contributed by atoms with van der Waals surface area (Å²) in [4.78, 5) is 17.0. The Morgan fingerprint density at radius 1 is 1.42 bits per heavy atom. The fourth-order valence-corrected chi connectivity index (χ4v) is 3.28. The van der Waals surface area contributed by atoms with Crippen molar-refractivity contribution in [2.45, 2.75) is 45.1 Å². The van der Waals surface area contributed by atoms with Gasteiger partial charge < -0.3 is 9.47 Å². The lowest BCUT2D eigenvalue weighted by Crippen LogP contribution is -2.27. The van der Waals surface area contributed by atoms with E-state index < -0.39 is 0 Å². The summed E-state index contributed by atoms with van der Waals surface area (Å²) in [6.07, 6.45) is 4.93. The molecule has 0 amide bonds. The number of methoxy groups -OCH3 is 1. The van der Waals surface area contributed by atoms with E-state index in [0.717, 1.165) is 44.4 Å². The summed E-state index contributed by atoms with van der Waals surface area (Å²) in [6, 6.07) is 0. The van der Waals surface area contributed by atoms with E-state index in [1.807, 2.05) is 12.4 Å². The SMILES string of the molecule is COC(=O)C1CCC(OCCc2scnc2C)CC1. The third-order valence-electron chi connectivity index (χ3n) is 3.74. The second-order valence-corrected chi connectivity index (χ2v) is 5.92. The molecule has 106 valence electrons. The Morgan fingerprint density at radius 2 is 2.16 bits per heavy atom. The molecule has 1 fully saturated rings.